The molecule has 1 N–H and O–H groups in total. The van der Waals surface area contributed by atoms with Crippen molar-refractivity contribution in [1.82, 2.24) is 9.91 Å². The number of rotatable bonds is 4. The zero-order valence-corrected chi connectivity index (χ0v) is 14.0. The van der Waals surface area contributed by atoms with Crippen molar-refractivity contribution in [2.75, 3.05) is 19.6 Å². The van der Waals surface area contributed by atoms with Gasteiger partial charge in [0.1, 0.15) is 11.8 Å². The first kappa shape index (κ1) is 15.6. The number of nitrogens with zero attached hydrogens (tertiary/aromatic N) is 3. The van der Waals surface area contributed by atoms with Crippen molar-refractivity contribution in [1.29, 1.82) is 0 Å². The van der Waals surface area contributed by atoms with Crippen LogP contribution in [-0.2, 0) is 4.79 Å². The Morgan fingerprint density at radius 3 is 3.00 bits per heavy atom. The number of carbonyl (C=O) groups excluding carboxylic acids is 1. The molecule has 1 amide bonds. The van der Waals surface area contributed by atoms with E-state index in [0.29, 0.717) is 13.0 Å². The molecular weight excluding hydrogens is 326 g/mol. The molecule has 2 aliphatic rings. The SMILES string of the molecule is O=C(CN1CC[C@H](O)C1)N1N=C(c2cccs2)CC1c1ccco1. The van der Waals surface area contributed by atoms with E-state index in [2.05, 4.69) is 5.10 Å². The molecule has 24 heavy (non-hydrogen) atoms. The van der Waals surface area contributed by atoms with Gasteiger partial charge in [-0.15, -0.1) is 11.3 Å². The summed E-state index contributed by atoms with van der Waals surface area (Å²) in [7, 11) is 0. The standard InChI is InChI=1S/C17H19N3O3S/c21-12-5-6-19(10-12)11-17(22)20-14(15-3-1-7-23-15)9-13(18-20)16-4-2-8-24-16/h1-4,7-8,12,14,21H,5-6,9-11H2/t12-,14?/m0/s1. The summed E-state index contributed by atoms with van der Waals surface area (Å²) in [5, 5.41) is 17.8. The molecule has 2 aromatic rings. The van der Waals surface area contributed by atoms with E-state index < -0.39 is 0 Å². The Bertz CT molecular complexity index is 726. The number of β-amino-alcohol motifs (C(OH)–C–C–N with tert-alkyl or cyclic N) is 1. The molecule has 0 saturated carbocycles. The van der Waals surface area contributed by atoms with Gasteiger partial charge >= 0.3 is 0 Å². The van der Waals surface area contributed by atoms with Crippen LogP contribution in [0.5, 0.6) is 0 Å². The Labute approximate surface area is 144 Å². The first-order valence-corrected chi connectivity index (χ1v) is 8.96. The van der Waals surface area contributed by atoms with Gasteiger partial charge in [-0.3, -0.25) is 9.69 Å². The molecule has 126 valence electrons. The minimum absolute atomic E-state index is 0.0583. The molecular formula is C17H19N3O3S. The average molecular weight is 345 g/mol. The largest absolute Gasteiger partial charge is 0.467 e. The fourth-order valence-corrected chi connectivity index (χ4v) is 3.98. The van der Waals surface area contributed by atoms with Crippen LogP contribution in [0.2, 0.25) is 0 Å². The highest BCUT2D eigenvalue weighted by Crippen LogP contribution is 2.34. The van der Waals surface area contributed by atoms with Crippen LogP contribution in [0.15, 0.2) is 45.4 Å². The van der Waals surface area contributed by atoms with Gasteiger partial charge in [-0.25, -0.2) is 5.01 Å². The zero-order chi connectivity index (χ0) is 16.5. The molecule has 0 spiro atoms. The Balaban J connectivity index is 1.55. The van der Waals surface area contributed by atoms with E-state index in [4.69, 9.17) is 4.42 Å². The van der Waals surface area contributed by atoms with Crippen molar-refractivity contribution < 1.29 is 14.3 Å². The molecule has 4 heterocycles. The highest BCUT2D eigenvalue weighted by molar-refractivity contribution is 7.12. The van der Waals surface area contributed by atoms with Crippen LogP contribution in [0.3, 0.4) is 0 Å². The number of aliphatic hydroxyl groups is 1. The highest BCUT2D eigenvalue weighted by atomic mass is 32.1. The maximum absolute atomic E-state index is 12.8. The van der Waals surface area contributed by atoms with Gasteiger partial charge < -0.3 is 9.52 Å². The van der Waals surface area contributed by atoms with Crippen molar-refractivity contribution in [2.45, 2.75) is 25.0 Å². The predicted octanol–water partition coefficient (Wildman–Crippen LogP) is 2.09. The number of amides is 1. The van der Waals surface area contributed by atoms with Crippen molar-refractivity contribution in [3.63, 3.8) is 0 Å². The van der Waals surface area contributed by atoms with Gasteiger partial charge in [0.15, 0.2) is 0 Å². The van der Waals surface area contributed by atoms with Crippen molar-refractivity contribution in [3.05, 3.63) is 46.5 Å². The van der Waals surface area contributed by atoms with Gasteiger partial charge in [-0.1, -0.05) is 6.07 Å². The molecule has 7 heteroatoms. The lowest BCUT2D eigenvalue weighted by Gasteiger charge is -2.22. The van der Waals surface area contributed by atoms with Crippen LogP contribution in [0.4, 0.5) is 0 Å². The van der Waals surface area contributed by atoms with Crippen LogP contribution in [0, 0.1) is 0 Å². The fourth-order valence-electron chi connectivity index (χ4n) is 3.25. The summed E-state index contributed by atoms with van der Waals surface area (Å²) in [5.74, 6) is 0.692. The van der Waals surface area contributed by atoms with Crippen molar-refractivity contribution in [3.8, 4) is 0 Å². The Kier molecular flexibility index (Phi) is 4.22. The van der Waals surface area contributed by atoms with E-state index >= 15 is 0 Å². The van der Waals surface area contributed by atoms with E-state index in [0.717, 1.165) is 29.3 Å². The van der Waals surface area contributed by atoms with Gasteiger partial charge in [0, 0.05) is 19.5 Å². The molecule has 6 nitrogen and oxygen atoms in total. The van der Waals surface area contributed by atoms with Gasteiger partial charge in [0.05, 0.1) is 29.5 Å². The normalized spacial score (nSPS) is 24.5. The van der Waals surface area contributed by atoms with E-state index in [1.807, 2.05) is 34.5 Å². The third kappa shape index (κ3) is 3.02. The second-order valence-corrected chi connectivity index (χ2v) is 7.12. The smallest absolute Gasteiger partial charge is 0.257 e. The first-order chi connectivity index (χ1) is 11.7. The third-order valence-corrected chi connectivity index (χ3v) is 5.37. The van der Waals surface area contributed by atoms with E-state index in [-0.39, 0.29) is 24.6 Å². The van der Waals surface area contributed by atoms with Crippen LogP contribution in [0.25, 0.3) is 0 Å². The van der Waals surface area contributed by atoms with Gasteiger partial charge in [-0.05, 0) is 30.0 Å². The zero-order valence-electron chi connectivity index (χ0n) is 13.2. The molecule has 0 radical (unpaired) electrons. The quantitative estimate of drug-likeness (QED) is 0.921. The van der Waals surface area contributed by atoms with Crippen molar-refractivity contribution >= 4 is 23.0 Å². The summed E-state index contributed by atoms with van der Waals surface area (Å²) >= 11 is 1.62. The fraction of sp³-hybridized carbons (Fsp3) is 0.412. The van der Waals surface area contributed by atoms with Crippen LogP contribution >= 0.6 is 11.3 Å². The second kappa shape index (κ2) is 6.51. The Morgan fingerprint density at radius 2 is 2.33 bits per heavy atom. The number of thiophene rings is 1. The predicted molar refractivity (Wildman–Crippen MR) is 90.8 cm³/mol. The van der Waals surface area contributed by atoms with Gasteiger partial charge in [0.25, 0.3) is 5.91 Å². The number of hydrogen-bond donors (Lipinski definition) is 1. The second-order valence-electron chi connectivity index (χ2n) is 6.18. The maximum Gasteiger partial charge on any atom is 0.257 e. The van der Waals surface area contributed by atoms with E-state index in [1.165, 1.54) is 0 Å². The lowest BCUT2D eigenvalue weighted by molar-refractivity contribution is -0.134. The molecule has 1 fully saturated rings. The molecule has 4 rings (SSSR count). The van der Waals surface area contributed by atoms with Crippen LogP contribution in [0.1, 0.15) is 29.5 Å². The monoisotopic (exact) mass is 345 g/mol. The van der Waals surface area contributed by atoms with Crippen LogP contribution < -0.4 is 0 Å². The lowest BCUT2D eigenvalue weighted by Crippen LogP contribution is -2.37. The van der Waals surface area contributed by atoms with Gasteiger partial charge in [0.2, 0.25) is 0 Å². The summed E-state index contributed by atoms with van der Waals surface area (Å²) in [5.41, 5.74) is 0.918. The molecule has 0 aliphatic carbocycles. The summed E-state index contributed by atoms with van der Waals surface area (Å²) in [6.45, 7) is 1.57. The third-order valence-electron chi connectivity index (χ3n) is 4.45. The highest BCUT2D eigenvalue weighted by Gasteiger charge is 2.36. The molecule has 1 saturated heterocycles. The summed E-state index contributed by atoms with van der Waals surface area (Å²) in [6.07, 6.45) is 2.67. The number of likely N-dealkylation sites (tertiary alicyclic amines) is 1. The lowest BCUT2D eigenvalue weighted by atomic mass is 10.1. The molecule has 0 bridgehead atoms. The maximum atomic E-state index is 12.8. The summed E-state index contributed by atoms with van der Waals surface area (Å²) < 4.78 is 5.53. The summed E-state index contributed by atoms with van der Waals surface area (Å²) in [6, 6.07) is 7.53. The first-order valence-electron chi connectivity index (χ1n) is 8.08. The van der Waals surface area contributed by atoms with E-state index in [9.17, 15) is 9.90 Å². The average Bonchev–Trinajstić information content (AvgIpc) is 3.34. The van der Waals surface area contributed by atoms with Crippen molar-refractivity contribution in [2.24, 2.45) is 5.10 Å². The molecule has 2 aliphatic heterocycles. The molecule has 2 aromatic heterocycles. The number of furan rings is 1. The minimum atomic E-state index is -0.331. The van der Waals surface area contributed by atoms with Crippen LogP contribution in [-0.4, -0.2) is 52.4 Å². The Hall–Kier alpha value is -1.96. The minimum Gasteiger partial charge on any atom is -0.467 e. The molecule has 0 aromatic carbocycles. The van der Waals surface area contributed by atoms with E-state index in [1.54, 1.807) is 22.6 Å². The molecule has 1 unspecified atom stereocenters. The number of hydrogen-bond acceptors (Lipinski definition) is 6. The number of carbonyl (C=O) groups is 1. The topological polar surface area (TPSA) is 69.3 Å². The molecule has 2 atom stereocenters. The number of hydrazone groups is 1. The summed E-state index contributed by atoms with van der Waals surface area (Å²) in [4.78, 5) is 15.8. The van der Waals surface area contributed by atoms with Gasteiger partial charge in [-0.2, -0.15) is 5.10 Å². The Morgan fingerprint density at radius 1 is 1.42 bits per heavy atom. The number of aliphatic hydroxyl groups excluding tert-OH is 1.